The van der Waals surface area contributed by atoms with Crippen molar-refractivity contribution in [3.63, 3.8) is 0 Å². The number of benzene rings is 1. The number of aromatic hydroxyl groups is 2. The molecule has 2 rings (SSSR count). The van der Waals surface area contributed by atoms with Crippen molar-refractivity contribution >= 4 is 5.91 Å². The number of carbonyl (C=O) groups is 1. The molecule has 5 N–H and O–H groups in total. The number of hydrogen-bond acceptors (Lipinski definition) is 5. The summed E-state index contributed by atoms with van der Waals surface area (Å²) in [6, 6.07) is 4.16. The number of β-amino-alcohol motifs (C(OH)–C–C–N with tert-alkyl or cyclic N) is 1. The van der Waals surface area contributed by atoms with E-state index in [1.54, 1.807) is 0 Å². The smallest absolute Gasteiger partial charge is 0.255 e. The van der Waals surface area contributed by atoms with Crippen molar-refractivity contribution < 1.29 is 20.1 Å². The second-order valence-electron chi connectivity index (χ2n) is 4.51. The molecule has 1 aliphatic heterocycles. The summed E-state index contributed by atoms with van der Waals surface area (Å²) in [6.07, 6.45) is 0.569. The van der Waals surface area contributed by atoms with Crippen molar-refractivity contribution in [1.29, 1.82) is 0 Å². The molecule has 1 fully saturated rings. The maximum absolute atomic E-state index is 11.8. The molecule has 1 aliphatic rings. The lowest BCUT2D eigenvalue weighted by Crippen LogP contribution is -2.44. The quantitative estimate of drug-likeness (QED) is 0.469. The summed E-state index contributed by atoms with van der Waals surface area (Å²) >= 11 is 0. The van der Waals surface area contributed by atoms with Gasteiger partial charge in [0.15, 0.2) is 11.5 Å². The van der Waals surface area contributed by atoms with Crippen molar-refractivity contribution in [2.45, 2.75) is 12.0 Å². The molecule has 1 aromatic carbocycles. The van der Waals surface area contributed by atoms with Gasteiger partial charge in [-0.05, 0) is 25.1 Å². The molecule has 1 amide bonds. The van der Waals surface area contributed by atoms with Gasteiger partial charge in [-0.3, -0.25) is 4.79 Å². The highest BCUT2D eigenvalue weighted by Crippen LogP contribution is 2.28. The average Bonchev–Trinajstić information content (AvgIpc) is 2.77. The molecule has 0 bridgehead atoms. The third-order valence-electron chi connectivity index (χ3n) is 3.06. The van der Waals surface area contributed by atoms with Crippen molar-refractivity contribution in [2.24, 2.45) is 0 Å². The fourth-order valence-electron chi connectivity index (χ4n) is 1.94. The summed E-state index contributed by atoms with van der Waals surface area (Å²) in [6.45, 7) is 1.25. The Morgan fingerprint density at radius 1 is 1.44 bits per heavy atom. The molecule has 0 aromatic heterocycles. The van der Waals surface area contributed by atoms with Gasteiger partial charge in [-0.15, -0.1) is 0 Å². The highest BCUT2D eigenvalue weighted by Gasteiger charge is 2.31. The zero-order valence-corrected chi connectivity index (χ0v) is 9.81. The molecule has 1 saturated heterocycles. The summed E-state index contributed by atoms with van der Waals surface area (Å²) in [5, 5.41) is 34.4. The first-order valence-electron chi connectivity index (χ1n) is 5.74. The number of amides is 1. The zero-order valence-electron chi connectivity index (χ0n) is 9.81. The van der Waals surface area contributed by atoms with Crippen molar-refractivity contribution in [3.8, 4) is 11.5 Å². The van der Waals surface area contributed by atoms with Gasteiger partial charge >= 0.3 is 0 Å². The number of hydrogen-bond donors (Lipinski definition) is 5. The van der Waals surface area contributed by atoms with Gasteiger partial charge in [0.1, 0.15) is 0 Å². The van der Waals surface area contributed by atoms with Crippen LogP contribution in [0.1, 0.15) is 16.8 Å². The van der Waals surface area contributed by atoms with E-state index in [0.717, 1.165) is 0 Å². The fraction of sp³-hybridized carbons (Fsp3) is 0.417. The maximum Gasteiger partial charge on any atom is 0.255 e. The predicted octanol–water partition coefficient (Wildman–Crippen LogP) is -0.448. The number of aliphatic hydroxyl groups is 1. The Morgan fingerprint density at radius 3 is 2.89 bits per heavy atom. The molecular weight excluding hydrogens is 236 g/mol. The van der Waals surface area contributed by atoms with E-state index in [-0.39, 0.29) is 17.9 Å². The molecule has 0 aliphatic carbocycles. The van der Waals surface area contributed by atoms with Crippen LogP contribution in [0.15, 0.2) is 18.2 Å². The van der Waals surface area contributed by atoms with Crippen LogP contribution in [0.4, 0.5) is 0 Å². The molecule has 6 heteroatoms. The Labute approximate surface area is 104 Å². The second kappa shape index (κ2) is 4.83. The Morgan fingerprint density at radius 2 is 2.22 bits per heavy atom. The minimum atomic E-state index is -0.942. The number of carbonyl (C=O) groups excluding carboxylic acids is 1. The van der Waals surface area contributed by atoms with Gasteiger partial charge in [-0.25, -0.2) is 0 Å². The molecule has 1 atom stereocenters. The topological polar surface area (TPSA) is 102 Å². The van der Waals surface area contributed by atoms with E-state index in [2.05, 4.69) is 10.6 Å². The number of phenols is 2. The van der Waals surface area contributed by atoms with E-state index < -0.39 is 17.3 Å². The van der Waals surface area contributed by atoms with Gasteiger partial charge in [-0.2, -0.15) is 0 Å². The van der Waals surface area contributed by atoms with Crippen LogP contribution < -0.4 is 10.6 Å². The van der Waals surface area contributed by atoms with Gasteiger partial charge in [0.2, 0.25) is 0 Å². The Bertz CT molecular complexity index is 455. The number of nitrogens with one attached hydrogen (secondary N) is 2. The lowest BCUT2D eigenvalue weighted by atomic mass is 10.0. The molecule has 1 aromatic rings. The summed E-state index contributed by atoms with van der Waals surface area (Å²) in [7, 11) is 0. The first kappa shape index (κ1) is 12.7. The monoisotopic (exact) mass is 252 g/mol. The Hall–Kier alpha value is -1.79. The van der Waals surface area contributed by atoms with E-state index in [1.807, 2.05) is 0 Å². The van der Waals surface area contributed by atoms with Crippen LogP contribution in [0, 0.1) is 0 Å². The summed E-state index contributed by atoms with van der Waals surface area (Å²) in [5.41, 5.74) is -0.952. The largest absolute Gasteiger partial charge is 0.504 e. The first-order valence-corrected chi connectivity index (χ1v) is 5.74. The van der Waals surface area contributed by atoms with Gasteiger partial charge < -0.3 is 26.0 Å². The average molecular weight is 252 g/mol. The minimum absolute atomic E-state index is 0.00967. The zero-order chi connectivity index (χ0) is 13.2. The molecule has 1 unspecified atom stereocenters. The lowest BCUT2D eigenvalue weighted by Gasteiger charge is -2.21. The summed E-state index contributed by atoms with van der Waals surface area (Å²) in [4.78, 5) is 11.8. The maximum atomic E-state index is 11.8. The SMILES string of the molecule is O=C(NCC1(O)CCNC1)c1cccc(O)c1O. The fourth-order valence-corrected chi connectivity index (χ4v) is 1.94. The molecule has 0 spiro atoms. The van der Waals surface area contributed by atoms with Crippen molar-refractivity contribution in [2.75, 3.05) is 19.6 Å². The Balaban J connectivity index is 2.01. The summed E-state index contributed by atoms with van der Waals surface area (Å²) < 4.78 is 0. The van der Waals surface area contributed by atoms with Crippen molar-refractivity contribution in [1.82, 2.24) is 10.6 Å². The lowest BCUT2D eigenvalue weighted by molar-refractivity contribution is 0.0561. The van der Waals surface area contributed by atoms with Crippen LogP contribution in [0.5, 0.6) is 11.5 Å². The van der Waals surface area contributed by atoms with Gasteiger partial charge in [-0.1, -0.05) is 6.07 Å². The Kier molecular flexibility index (Phi) is 3.40. The first-order chi connectivity index (χ1) is 8.52. The number of phenolic OH excluding ortho intramolecular Hbond substituents is 2. The van der Waals surface area contributed by atoms with E-state index in [1.165, 1.54) is 18.2 Å². The standard InChI is InChI=1S/C12H16N2O4/c15-9-3-1-2-8(10(9)16)11(17)14-7-12(18)4-5-13-6-12/h1-3,13,15-16,18H,4-7H2,(H,14,17). The van der Waals surface area contributed by atoms with E-state index in [9.17, 15) is 20.1 Å². The van der Waals surface area contributed by atoms with E-state index >= 15 is 0 Å². The molecular formula is C12H16N2O4. The normalized spacial score (nSPS) is 22.9. The minimum Gasteiger partial charge on any atom is -0.504 e. The molecule has 18 heavy (non-hydrogen) atoms. The second-order valence-corrected chi connectivity index (χ2v) is 4.51. The van der Waals surface area contributed by atoms with E-state index in [4.69, 9.17) is 0 Å². The third-order valence-corrected chi connectivity index (χ3v) is 3.06. The van der Waals surface area contributed by atoms with Crippen LogP contribution in [-0.2, 0) is 0 Å². The van der Waals surface area contributed by atoms with Gasteiger partial charge in [0, 0.05) is 13.1 Å². The van der Waals surface area contributed by atoms with Crippen LogP contribution in [0.2, 0.25) is 0 Å². The highest BCUT2D eigenvalue weighted by molar-refractivity contribution is 5.97. The van der Waals surface area contributed by atoms with Crippen LogP contribution in [-0.4, -0.2) is 46.5 Å². The van der Waals surface area contributed by atoms with Crippen LogP contribution >= 0.6 is 0 Å². The van der Waals surface area contributed by atoms with Crippen LogP contribution in [0.25, 0.3) is 0 Å². The molecule has 6 nitrogen and oxygen atoms in total. The van der Waals surface area contributed by atoms with E-state index in [0.29, 0.717) is 19.5 Å². The molecule has 98 valence electrons. The highest BCUT2D eigenvalue weighted by atomic mass is 16.3. The van der Waals surface area contributed by atoms with Crippen LogP contribution in [0.3, 0.4) is 0 Å². The predicted molar refractivity (Wildman–Crippen MR) is 64.5 cm³/mol. The van der Waals surface area contributed by atoms with Gasteiger partial charge in [0.05, 0.1) is 11.2 Å². The third kappa shape index (κ3) is 2.55. The number of para-hydroxylation sites is 1. The molecule has 1 heterocycles. The number of rotatable bonds is 3. The van der Waals surface area contributed by atoms with Crippen molar-refractivity contribution in [3.05, 3.63) is 23.8 Å². The molecule has 0 saturated carbocycles. The molecule has 0 radical (unpaired) electrons. The van der Waals surface area contributed by atoms with Gasteiger partial charge in [0.25, 0.3) is 5.91 Å². The summed E-state index contributed by atoms with van der Waals surface area (Å²) in [5.74, 6) is -1.32.